The van der Waals surface area contributed by atoms with Gasteiger partial charge in [0.05, 0.1) is 5.69 Å². The minimum absolute atomic E-state index is 0.221. The van der Waals surface area contributed by atoms with Gasteiger partial charge in [0.2, 0.25) is 0 Å². The average Bonchev–Trinajstić information content (AvgIpc) is 2.04. The van der Waals surface area contributed by atoms with E-state index < -0.39 is 0 Å². The first-order valence-electron chi connectivity index (χ1n) is 3.10. The van der Waals surface area contributed by atoms with E-state index in [1.807, 2.05) is 0 Å². The number of hydrogen-bond donors (Lipinski definition) is 0. The molecule has 11 heavy (non-hydrogen) atoms. The van der Waals surface area contributed by atoms with Crippen LogP contribution >= 0.6 is 11.8 Å². The largest absolute Gasteiger partial charge is 0.207 e. The van der Waals surface area contributed by atoms with Crippen LogP contribution in [0.1, 0.15) is 0 Å². The summed E-state index contributed by atoms with van der Waals surface area (Å²) in [5.41, 5.74) is 0.791. The normalized spacial score (nSPS) is 13.2. The predicted molar refractivity (Wildman–Crippen MR) is 43.9 cm³/mol. The zero-order valence-corrected chi connectivity index (χ0v) is 6.36. The van der Waals surface area contributed by atoms with Crippen molar-refractivity contribution in [3.63, 3.8) is 0 Å². The first-order valence-corrected chi connectivity index (χ1v) is 3.98. The van der Waals surface area contributed by atoms with Crippen LogP contribution < -0.4 is 0 Å². The summed E-state index contributed by atoms with van der Waals surface area (Å²) in [7, 11) is 0. The second kappa shape index (κ2) is 2.53. The van der Waals surface area contributed by atoms with E-state index in [1.165, 1.54) is 23.9 Å². The van der Waals surface area contributed by atoms with E-state index in [9.17, 15) is 4.39 Å². The Bertz CT molecular complexity index is 353. The van der Waals surface area contributed by atoms with Crippen molar-refractivity contribution in [2.75, 3.05) is 0 Å². The van der Waals surface area contributed by atoms with E-state index in [-0.39, 0.29) is 5.82 Å². The van der Waals surface area contributed by atoms with E-state index in [2.05, 4.69) is 10.9 Å². The van der Waals surface area contributed by atoms with Crippen LogP contribution in [0.3, 0.4) is 0 Å². The van der Waals surface area contributed by atoms with Gasteiger partial charge in [0, 0.05) is 10.3 Å². The lowest BCUT2D eigenvalue weighted by Gasteiger charge is -2.02. The summed E-state index contributed by atoms with van der Waals surface area (Å²) in [4.78, 5) is 4.79. The van der Waals surface area contributed by atoms with Crippen LogP contribution in [-0.2, 0) is 0 Å². The minimum Gasteiger partial charge on any atom is -0.207 e. The molecule has 3 heteroatoms. The molecule has 0 saturated carbocycles. The zero-order chi connectivity index (χ0) is 7.68. The second-order valence-electron chi connectivity index (χ2n) is 2.09. The topological polar surface area (TPSA) is 12.4 Å². The Hall–Kier alpha value is -1.05. The molecule has 1 aromatic rings. The van der Waals surface area contributed by atoms with Crippen LogP contribution in [0, 0.1) is 5.82 Å². The molecule has 1 aromatic carbocycles. The number of thioether (sulfide) groups is 1. The molecule has 0 N–H and O–H groups in total. The highest BCUT2D eigenvalue weighted by molar-refractivity contribution is 8.02. The van der Waals surface area contributed by atoms with E-state index in [0.29, 0.717) is 0 Å². The fourth-order valence-corrected chi connectivity index (χ4v) is 1.51. The SMILES string of the molecule is Fc1ccc2c(c1)SC=C=N2. The summed E-state index contributed by atoms with van der Waals surface area (Å²) >= 11 is 1.43. The maximum atomic E-state index is 12.6. The maximum absolute atomic E-state index is 12.6. The molecule has 0 aromatic heterocycles. The van der Waals surface area contributed by atoms with Crippen molar-refractivity contribution in [3.8, 4) is 0 Å². The lowest BCUT2D eigenvalue weighted by molar-refractivity contribution is 0.624. The number of nitrogens with zero attached hydrogens (tertiary/aromatic N) is 1. The minimum atomic E-state index is -0.221. The first-order chi connectivity index (χ1) is 5.36. The highest BCUT2D eigenvalue weighted by Gasteiger charge is 2.03. The quantitative estimate of drug-likeness (QED) is 0.575. The van der Waals surface area contributed by atoms with Gasteiger partial charge in [-0.3, -0.25) is 0 Å². The average molecular weight is 165 g/mol. The predicted octanol–water partition coefficient (Wildman–Crippen LogP) is 2.75. The van der Waals surface area contributed by atoms with Crippen molar-refractivity contribution < 1.29 is 4.39 Å². The number of hydrogen-bond acceptors (Lipinski definition) is 2. The number of rotatable bonds is 0. The van der Waals surface area contributed by atoms with Gasteiger partial charge < -0.3 is 0 Å². The Morgan fingerprint density at radius 3 is 3.27 bits per heavy atom. The Labute approximate surface area is 67.6 Å². The third-order valence-corrected chi connectivity index (χ3v) is 2.15. The van der Waals surface area contributed by atoms with Gasteiger partial charge in [-0.15, -0.1) is 0 Å². The molecule has 0 amide bonds. The number of aliphatic imine (C=N–C) groups is 1. The molecule has 1 aliphatic heterocycles. The van der Waals surface area contributed by atoms with E-state index in [1.54, 1.807) is 11.5 Å². The van der Waals surface area contributed by atoms with E-state index >= 15 is 0 Å². The van der Waals surface area contributed by atoms with Crippen molar-refractivity contribution in [3.05, 3.63) is 29.4 Å². The summed E-state index contributed by atoms with van der Waals surface area (Å²) in [6, 6.07) is 4.52. The molecule has 0 saturated heterocycles. The van der Waals surface area contributed by atoms with Crippen LogP contribution in [0.4, 0.5) is 10.1 Å². The maximum Gasteiger partial charge on any atom is 0.124 e. The van der Waals surface area contributed by atoms with Gasteiger partial charge in [-0.05, 0) is 24.1 Å². The smallest absolute Gasteiger partial charge is 0.124 e. The van der Waals surface area contributed by atoms with Crippen LogP contribution in [0.2, 0.25) is 0 Å². The molecule has 0 spiro atoms. The molecular formula is C8H4FNS. The molecule has 0 fully saturated rings. The van der Waals surface area contributed by atoms with E-state index in [4.69, 9.17) is 0 Å². The fourth-order valence-electron chi connectivity index (χ4n) is 0.860. The Morgan fingerprint density at radius 2 is 2.36 bits per heavy atom. The lowest BCUT2D eigenvalue weighted by Crippen LogP contribution is -1.79. The van der Waals surface area contributed by atoms with Crippen molar-refractivity contribution in [1.29, 1.82) is 0 Å². The van der Waals surface area contributed by atoms with Crippen molar-refractivity contribution in [2.45, 2.75) is 4.90 Å². The van der Waals surface area contributed by atoms with Gasteiger partial charge in [0.1, 0.15) is 5.82 Å². The van der Waals surface area contributed by atoms with Gasteiger partial charge >= 0.3 is 0 Å². The van der Waals surface area contributed by atoms with Crippen molar-refractivity contribution >= 4 is 23.3 Å². The molecule has 2 rings (SSSR count). The summed E-state index contributed by atoms with van der Waals surface area (Å²) in [6.07, 6.45) is 0. The highest BCUT2D eigenvalue weighted by atomic mass is 32.2. The second-order valence-corrected chi connectivity index (χ2v) is 3.00. The summed E-state index contributed by atoms with van der Waals surface area (Å²) in [5, 5.41) is 1.71. The molecule has 1 aliphatic rings. The van der Waals surface area contributed by atoms with Gasteiger partial charge in [-0.25, -0.2) is 9.38 Å². The zero-order valence-electron chi connectivity index (χ0n) is 5.54. The lowest BCUT2D eigenvalue weighted by atomic mass is 10.3. The van der Waals surface area contributed by atoms with Gasteiger partial charge in [-0.2, -0.15) is 0 Å². The number of fused-ring (bicyclic) bond motifs is 1. The molecule has 0 atom stereocenters. The molecule has 1 heterocycles. The first kappa shape index (κ1) is 6.65. The third-order valence-electron chi connectivity index (χ3n) is 1.35. The summed E-state index contributed by atoms with van der Waals surface area (Å²) in [5.74, 6) is 2.48. The van der Waals surface area contributed by atoms with Crippen LogP contribution in [-0.4, -0.2) is 5.87 Å². The monoisotopic (exact) mass is 165 g/mol. The highest BCUT2D eigenvalue weighted by Crippen LogP contribution is 2.32. The summed E-state index contributed by atoms with van der Waals surface area (Å²) in [6.45, 7) is 0. The summed E-state index contributed by atoms with van der Waals surface area (Å²) < 4.78 is 12.6. The molecule has 0 aliphatic carbocycles. The molecule has 0 radical (unpaired) electrons. The van der Waals surface area contributed by atoms with Crippen LogP contribution in [0.15, 0.2) is 33.5 Å². The van der Waals surface area contributed by atoms with E-state index in [0.717, 1.165) is 10.6 Å². The third kappa shape index (κ3) is 1.20. The Morgan fingerprint density at radius 1 is 1.45 bits per heavy atom. The van der Waals surface area contributed by atoms with Crippen molar-refractivity contribution in [2.24, 2.45) is 4.99 Å². The van der Waals surface area contributed by atoms with Crippen molar-refractivity contribution in [1.82, 2.24) is 0 Å². The number of halogens is 1. The van der Waals surface area contributed by atoms with Crippen LogP contribution in [0.5, 0.6) is 0 Å². The van der Waals surface area contributed by atoms with Crippen LogP contribution in [0.25, 0.3) is 0 Å². The molecule has 0 bridgehead atoms. The van der Waals surface area contributed by atoms with Gasteiger partial charge in [0.15, 0.2) is 0 Å². The Balaban J connectivity index is 2.60. The Kier molecular flexibility index (Phi) is 1.53. The molecular weight excluding hydrogens is 161 g/mol. The molecule has 54 valence electrons. The molecule has 1 nitrogen and oxygen atoms in total. The van der Waals surface area contributed by atoms with Gasteiger partial charge in [-0.1, -0.05) is 11.8 Å². The van der Waals surface area contributed by atoms with Gasteiger partial charge in [0.25, 0.3) is 0 Å². The number of benzene rings is 1. The molecule has 0 unspecified atom stereocenters. The standard InChI is InChI=1S/C8H4FNS/c9-6-1-2-7-8(5-6)11-4-3-10-7/h1-2,4-5H. The fraction of sp³-hybridized carbons (Fsp3) is 0.